The van der Waals surface area contributed by atoms with E-state index in [2.05, 4.69) is 15.6 Å². The van der Waals surface area contributed by atoms with E-state index in [4.69, 9.17) is 0 Å². The molecule has 0 saturated carbocycles. The average Bonchev–Trinajstić information content (AvgIpc) is 2.73. The SMILES string of the molecule is O=C(Nc1cccc(CNc2ccccc2S(=O)(=O)C(F)F)c1)c1ccncc1. The van der Waals surface area contributed by atoms with E-state index < -0.39 is 20.5 Å². The fourth-order valence-electron chi connectivity index (χ4n) is 2.62. The van der Waals surface area contributed by atoms with Crippen LogP contribution in [-0.2, 0) is 16.4 Å². The minimum Gasteiger partial charge on any atom is -0.380 e. The highest BCUT2D eigenvalue weighted by Crippen LogP contribution is 2.26. The third-order valence-corrected chi connectivity index (χ3v) is 5.48. The lowest BCUT2D eigenvalue weighted by molar-refractivity contribution is 0.102. The third-order valence-electron chi connectivity index (χ3n) is 4.04. The number of hydrogen-bond donors (Lipinski definition) is 2. The monoisotopic (exact) mass is 417 g/mol. The van der Waals surface area contributed by atoms with Gasteiger partial charge in [0.1, 0.15) is 0 Å². The molecule has 1 aromatic heterocycles. The summed E-state index contributed by atoms with van der Waals surface area (Å²) in [6.45, 7) is 0.175. The van der Waals surface area contributed by atoms with Crippen molar-refractivity contribution in [3.63, 3.8) is 0 Å². The van der Waals surface area contributed by atoms with Gasteiger partial charge in [0.25, 0.3) is 5.91 Å². The Morgan fingerprint density at radius 3 is 2.45 bits per heavy atom. The van der Waals surface area contributed by atoms with E-state index in [9.17, 15) is 22.0 Å². The van der Waals surface area contributed by atoms with Crippen LogP contribution in [-0.4, -0.2) is 25.1 Å². The summed E-state index contributed by atoms with van der Waals surface area (Å²) in [6.07, 6.45) is 3.03. The van der Waals surface area contributed by atoms with Gasteiger partial charge in [-0.25, -0.2) is 8.42 Å². The minimum atomic E-state index is -4.72. The fourth-order valence-corrected chi connectivity index (χ4v) is 3.53. The number of para-hydroxylation sites is 1. The molecule has 0 atom stereocenters. The number of halogens is 2. The number of carbonyl (C=O) groups is 1. The molecule has 0 saturated heterocycles. The summed E-state index contributed by atoms with van der Waals surface area (Å²) in [4.78, 5) is 15.6. The van der Waals surface area contributed by atoms with Crippen molar-refractivity contribution < 1.29 is 22.0 Å². The van der Waals surface area contributed by atoms with Gasteiger partial charge in [-0.1, -0.05) is 24.3 Å². The Bertz CT molecular complexity index is 1110. The largest absolute Gasteiger partial charge is 0.380 e. The smallest absolute Gasteiger partial charge is 0.341 e. The number of anilines is 2. The van der Waals surface area contributed by atoms with Gasteiger partial charge in [0.05, 0.1) is 10.6 Å². The average molecular weight is 417 g/mol. The Morgan fingerprint density at radius 2 is 1.72 bits per heavy atom. The van der Waals surface area contributed by atoms with Crippen molar-refractivity contribution in [2.45, 2.75) is 17.2 Å². The zero-order valence-electron chi connectivity index (χ0n) is 15.0. The summed E-state index contributed by atoms with van der Waals surface area (Å²) in [7, 11) is -4.72. The molecular weight excluding hydrogens is 400 g/mol. The topological polar surface area (TPSA) is 88.2 Å². The van der Waals surface area contributed by atoms with Crippen LogP contribution in [0.2, 0.25) is 0 Å². The third kappa shape index (κ3) is 4.94. The minimum absolute atomic E-state index is 0.0824. The fraction of sp³-hybridized carbons (Fsp3) is 0.100. The van der Waals surface area contributed by atoms with Gasteiger partial charge < -0.3 is 10.6 Å². The second-order valence-corrected chi connectivity index (χ2v) is 7.93. The van der Waals surface area contributed by atoms with E-state index in [1.165, 1.54) is 24.5 Å². The number of nitrogens with zero attached hydrogens (tertiary/aromatic N) is 1. The molecule has 0 fully saturated rings. The Hall–Kier alpha value is -3.33. The van der Waals surface area contributed by atoms with Gasteiger partial charge >= 0.3 is 5.76 Å². The lowest BCUT2D eigenvalue weighted by Crippen LogP contribution is -2.14. The van der Waals surface area contributed by atoms with Crippen molar-refractivity contribution in [3.05, 3.63) is 84.2 Å². The van der Waals surface area contributed by atoms with Crippen LogP contribution < -0.4 is 10.6 Å². The van der Waals surface area contributed by atoms with Gasteiger partial charge in [-0.3, -0.25) is 9.78 Å². The molecule has 9 heteroatoms. The maximum Gasteiger partial charge on any atom is 0.341 e. The predicted octanol–water partition coefficient (Wildman–Crippen LogP) is 3.94. The van der Waals surface area contributed by atoms with Gasteiger partial charge in [0.2, 0.25) is 9.84 Å². The molecule has 3 rings (SSSR count). The molecule has 0 aliphatic carbocycles. The molecule has 150 valence electrons. The highest BCUT2D eigenvalue weighted by molar-refractivity contribution is 7.91. The van der Waals surface area contributed by atoms with Gasteiger partial charge in [-0.15, -0.1) is 0 Å². The van der Waals surface area contributed by atoms with Crippen LogP contribution >= 0.6 is 0 Å². The first-order valence-corrected chi connectivity index (χ1v) is 10.1. The van der Waals surface area contributed by atoms with Gasteiger partial charge in [0, 0.05) is 30.2 Å². The lowest BCUT2D eigenvalue weighted by Gasteiger charge is -2.13. The summed E-state index contributed by atoms with van der Waals surface area (Å²) in [5, 5.41) is 5.63. The normalized spacial score (nSPS) is 11.3. The molecular formula is C20H17F2N3O3S. The van der Waals surface area contributed by atoms with Crippen molar-refractivity contribution in [1.82, 2.24) is 4.98 Å². The van der Waals surface area contributed by atoms with Crippen LogP contribution in [0.15, 0.2) is 78.0 Å². The molecule has 0 spiro atoms. The Morgan fingerprint density at radius 1 is 1.00 bits per heavy atom. The summed E-state index contributed by atoms with van der Waals surface area (Å²) >= 11 is 0. The molecule has 0 bridgehead atoms. The molecule has 0 aliphatic heterocycles. The zero-order chi connectivity index (χ0) is 20.9. The van der Waals surface area contributed by atoms with E-state index in [0.717, 1.165) is 11.6 Å². The molecule has 0 aliphatic rings. The summed E-state index contributed by atoms with van der Waals surface area (Å²) in [6, 6.07) is 15.6. The maximum atomic E-state index is 12.9. The number of pyridine rings is 1. The van der Waals surface area contributed by atoms with E-state index in [1.54, 1.807) is 42.5 Å². The molecule has 1 heterocycles. The number of sulfone groups is 1. The maximum absolute atomic E-state index is 12.9. The summed E-state index contributed by atoms with van der Waals surface area (Å²) < 4.78 is 49.5. The number of carbonyl (C=O) groups excluding carboxylic acids is 1. The first-order chi connectivity index (χ1) is 13.9. The van der Waals surface area contributed by atoms with Gasteiger partial charge in [-0.05, 0) is 42.0 Å². The zero-order valence-corrected chi connectivity index (χ0v) is 15.9. The van der Waals surface area contributed by atoms with Crippen LogP contribution in [0, 0.1) is 0 Å². The van der Waals surface area contributed by atoms with E-state index in [0.29, 0.717) is 11.3 Å². The van der Waals surface area contributed by atoms with Crippen LogP contribution in [0.25, 0.3) is 0 Å². The molecule has 29 heavy (non-hydrogen) atoms. The molecule has 1 amide bonds. The first kappa shape index (κ1) is 20.4. The molecule has 0 unspecified atom stereocenters. The number of nitrogens with one attached hydrogen (secondary N) is 2. The van der Waals surface area contributed by atoms with Crippen LogP contribution in [0.1, 0.15) is 15.9 Å². The van der Waals surface area contributed by atoms with E-state index in [1.807, 2.05) is 0 Å². The molecule has 3 aromatic rings. The number of hydrogen-bond acceptors (Lipinski definition) is 5. The Balaban J connectivity index is 1.73. The highest BCUT2D eigenvalue weighted by Gasteiger charge is 2.28. The quantitative estimate of drug-likeness (QED) is 0.608. The first-order valence-electron chi connectivity index (χ1n) is 8.53. The van der Waals surface area contributed by atoms with E-state index in [-0.39, 0.29) is 18.1 Å². The van der Waals surface area contributed by atoms with Crippen molar-refractivity contribution in [3.8, 4) is 0 Å². The molecule has 2 N–H and O–H groups in total. The number of amides is 1. The molecule has 0 radical (unpaired) electrons. The standard InChI is InChI=1S/C20H17F2N3O3S/c21-20(22)29(27,28)18-7-2-1-6-17(18)24-13-14-4-3-5-16(12-14)25-19(26)15-8-10-23-11-9-15/h1-12,20,24H,13H2,(H,25,26). The van der Waals surface area contributed by atoms with Crippen molar-refractivity contribution >= 4 is 27.1 Å². The second kappa shape index (κ2) is 8.78. The molecule has 6 nitrogen and oxygen atoms in total. The van der Waals surface area contributed by atoms with Crippen LogP contribution in [0.5, 0.6) is 0 Å². The van der Waals surface area contributed by atoms with Crippen molar-refractivity contribution in [2.24, 2.45) is 0 Å². The van der Waals surface area contributed by atoms with Crippen LogP contribution in [0.3, 0.4) is 0 Å². The highest BCUT2D eigenvalue weighted by atomic mass is 32.2. The summed E-state index contributed by atoms with van der Waals surface area (Å²) in [5.74, 6) is -3.80. The number of alkyl halides is 2. The van der Waals surface area contributed by atoms with Crippen LogP contribution in [0.4, 0.5) is 20.2 Å². The van der Waals surface area contributed by atoms with Crippen molar-refractivity contribution in [2.75, 3.05) is 10.6 Å². The number of aromatic nitrogens is 1. The lowest BCUT2D eigenvalue weighted by atomic mass is 10.2. The van der Waals surface area contributed by atoms with E-state index >= 15 is 0 Å². The summed E-state index contributed by atoms with van der Waals surface area (Å²) in [5.41, 5.74) is 1.80. The Kier molecular flexibility index (Phi) is 6.18. The predicted molar refractivity (Wildman–Crippen MR) is 106 cm³/mol. The van der Waals surface area contributed by atoms with Crippen molar-refractivity contribution in [1.29, 1.82) is 0 Å². The Labute approximate surface area is 166 Å². The number of benzene rings is 2. The van der Waals surface area contributed by atoms with Gasteiger partial charge in [-0.2, -0.15) is 8.78 Å². The number of rotatable bonds is 7. The van der Waals surface area contributed by atoms with Gasteiger partial charge in [0.15, 0.2) is 0 Å². The second-order valence-electron chi connectivity index (χ2n) is 6.05. The molecule has 2 aromatic carbocycles.